The smallest absolute Gasteiger partial charge is 0.343 e. The minimum atomic E-state index is -0.531. The van der Waals surface area contributed by atoms with Gasteiger partial charge in [-0.3, -0.25) is 9.59 Å². The molecule has 1 heterocycles. The second kappa shape index (κ2) is 6.59. The van der Waals surface area contributed by atoms with Crippen molar-refractivity contribution in [3.8, 4) is 5.75 Å². The summed E-state index contributed by atoms with van der Waals surface area (Å²) in [6.07, 6.45) is 5.02. The number of hydrogen-bond acceptors (Lipinski definition) is 4. The number of carbonyl (C=O) groups excluding carboxylic acids is 3. The van der Waals surface area contributed by atoms with E-state index in [0.29, 0.717) is 24.1 Å². The molecule has 2 aromatic rings. The Balaban J connectivity index is 1.65. The quantitative estimate of drug-likeness (QED) is 0.370. The van der Waals surface area contributed by atoms with Gasteiger partial charge >= 0.3 is 5.97 Å². The van der Waals surface area contributed by atoms with Crippen LogP contribution in [-0.2, 0) is 9.59 Å². The number of ether oxygens (including phenoxy) is 1. The number of allylic oxidation sites excluding steroid dienone is 2. The van der Waals surface area contributed by atoms with Crippen LogP contribution in [0.3, 0.4) is 0 Å². The van der Waals surface area contributed by atoms with Crippen LogP contribution in [0.4, 0.5) is 5.69 Å². The number of fused-ring (bicyclic) bond motifs is 1. The van der Waals surface area contributed by atoms with Gasteiger partial charge in [-0.15, -0.1) is 0 Å². The summed E-state index contributed by atoms with van der Waals surface area (Å²) in [7, 11) is 0. The molecule has 5 heteroatoms. The lowest BCUT2D eigenvalue weighted by atomic mass is 9.85. The van der Waals surface area contributed by atoms with Crippen LogP contribution in [0.2, 0.25) is 0 Å². The maximum atomic E-state index is 12.8. The van der Waals surface area contributed by atoms with Crippen molar-refractivity contribution in [3.05, 3.63) is 72.3 Å². The zero-order chi connectivity index (χ0) is 18.1. The summed E-state index contributed by atoms with van der Waals surface area (Å²) in [6.45, 7) is 0. The Morgan fingerprint density at radius 2 is 1.42 bits per heavy atom. The van der Waals surface area contributed by atoms with Gasteiger partial charge in [-0.25, -0.2) is 9.69 Å². The number of anilines is 1. The molecular formula is C21H17NO4. The van der Waals surface area contributed by atoms with E-state index in [1.807, 2.05) is 18.2 Å². The average Bonchev–Trinajstić information content (AvgIpc) is 2.94. The van der Waals surface area contributed by atoms with Crippen LogP contribution in [0.1, 0.15) is 23.2 Å². The molecule has 2 amide bonds. The molecule has 26 heavy (non-hydrogen) atoms. The molecule has 5 nitrogen and oxygen atoms in total. The van der Waals surface area contributed by atoms with Gasteiger partial charge in [-0.1, -0.05) is 42.5 Å². The first-order chi connectivity index (χ1) is 12.7. The molecule has 0 aromatic heterocycles. The molecule has 2 aliphatic rings. The zero-order valence-electron chi connectivity index (χ0n) is 14.0. The third-order valence-electron chi connectivity index (χ3n) is 4.83. The molecule has 130 valence electrons. The Bertz CT molecular complexity index is 877. The number of benzene rings is 2. The van der Waals surface area contributed by atoms with Crippen molar-refractivity contribution in [2.45, 2.75) is 12.8 Å². The maximum absolute atomic E-state index is 12.8. The summed E-state index contributed by atoms with van der Waals surface area (Å²) in [5.74, 6) is -1.44. The van der Waals surface area contributed by atoms with Crippen molar-refractivity contribution in [2.75, 3.05) is 4.90 Å². The van der Waals surface area contributed by atoms with Crippen molar-refractivity contribution in [3.63, 3.8) is 0 Å². The zero-order valence-corrected chi connectivity index (χ0v) is 14.0. The van der Waals surface area contributed by atoms with Gasteiger partial charge < -0.3 is 4.74 Å². The maximum Gasteiger partial charge on any atom is 0.343 e. The number of para-hydroxylation sites is 2. The molecule has 2 atom stereocenters. The molecule has 1 aliphatic heterocycles. The van der Waals surface area contributed by atoms with Gasteiger partial charge in [-0.2, -0.15) is 0 Å². The standard InChI is InChI=1S/C21H17NO4/c23-19-15-10-4-5-11-16(15)20(24)22(19)17-12-6-7-13-18(17)26-21(25)14-8-2-1-3-9-14/h1-9,12-13,15-16H,10-11H2/t15-,16+. The predicted octanol–water partition coefficient (Wildman–Crippen LogP) is 3.36. The lowest BCUT2D eigenvalue weighted by molar-refractivity contribution is -0.122. The average molecular weight is 347 g/mol. The first kappa shape index (κ1) is 16.3. The summed E-state index contributed by atoms with van der Waals surface area (Å²) in [5.41, 5.74) is 0.723. The molecule has 1 fully saturated rings. The third-order valence-corrected chi connectivity index (χ3v) is 4.83. The van der Waals surface area contributed by atoms with Crippen LogP contribution < -0.4 is 9.64 Å². The van der Waals surface area contributed by atoms with Gasteiger partial charge in [0.15, 0.2) is 5.75 Å². The number of imide groups is 1. The van der Waals surface area contributed by atoms with E-state index in [1.165, 1.54) is 4.90 Å². The van der Waals surface area contributed by atoms with E-state index in [0.717, 1.165) is 0 Å². The summed E-state index contributed by atoms with van der Waals surface area (Å²) in [6, 6.07) is 15.2. The van der Waals surface area contributed by atoms with Crippen LogP contribution in [0, 0.1) is 11.8 Å². The van der Waals surface area contributed by atoms with E-state index in [4.69, 9.17) is 4.74 Å². The number of amides is 2. The van der Waals surface area contributed by atoms with Crippen molar-refractivity contribution in [1.82, 2.24) is 0 Å². The molecule has 1 saturated heterocycles. The summed E-state index contributed by atoms with van der Waals surface area (Å²) in [4.78, 5) is 39.1. The number of hydrogen-bond donors (Lipinski definition) is 0. The molecule has 2 aromatic carbocycles. The highest BCUT2D eigenvalue weighted by Gasteiger charge is 2.48. The van der Waals surface area contributed by atoms with Gasteiger partial charge in [-0.05, 0) is 37.1 Å². The minimum Gasteiger partial charge on any atom is -0.421 e. The third kappa shape index (κ3) is 2.71. The van der Waals surface area contributed by atoms with Crippen LogP contribution in [0.5, 0.6) is 5.75 Å². The normalized spacial score (nSPS) is 21.6. The van der Waals surface area contributed by atoms with Crippen molar-refractivity contribution in [2.24, 2.45) is 11.8 Å². The van der Waals surface area contributed by atoms with Crippen LogP contribution in [0.25, 0.3) is 0 Å². The lowest BCUT2D eigenvalue weighted by Gasteiger charge is -2.18. The summed E-state index contributed by atoms with van der Waals surface area (Å²) in [5, 5.41) is 0. The highest BCUT2D eigenvalue weighted by atomic mass is 16.5. The van der Waals surface area contributed by atoms with Gasteiger partial charge in [0.05, 0.1) is 23.1 Å². The molecule has 0 saturated carbocycles. The Morgan fingerprint density at radius 3 is 2.08 bits per heavy atom. The fourth-order valence-electron chi connectivity index (χ4n) is 3.50. The second-order valence-corrected chi connectivity index (χ2v) is 6.39. The fraction of sp³-hybridized carbons (Fsp3) is 0.190. The monoisotopic (exact) mass is 347 g/mol. The topological polar surface area (TPSA) is 63.7 Å². The van der Waals surface area contributed by atoms with E-state index < -0.39 is 5.97 Å². The van der Waals surface area contributed by atoms with Crippen molar-refractivity contribution >= 4 is 23.5 Å². The van der Waals surface area contributed by atoms with E-state index in [2.05, 4.69) is 0 Å². The van der Waals surface area contributed by atoms with Gasteiger partial charge in [0.1, 0.15) is 0 Å². The van der Waals surface area contributed by atoms with E-state index in [1.54, 1.807) is 48.5 Å². The van der Waals surface area contributed by atoms with Crippen LogP contribution in [-0.4, -0.2) is 17.8 Å². The lowest BCUT2D eigenvalue weighted by Crippen LogP contribution is -2.31. The Hall–Kier alpha value is -3.21. The Morgan fingerprint density at radius 1 is 0.846 bits per heavy atom. The highest BCUT2D eigenvalue weighted by molar-refractivity contribution is 6.23. The van der Waals surface area contributed by atoms with Crippen molar-refractivity contribution < 1.29 is 19.1 Å². The SMILES string of the molecule is O=C(Oc1ccccc1N1C(=O)[C@H]2CC=CC[C@H]2C1=O)c1ccccc1. The first-order valence-electron chi connectivity index (χ1n) is 8.56. The first-order valence-corrected chi connectivity index (χ1v) is 8.56. The Labute approximate surface area is 150 Å². The molecule has 0 spiro atoms. The Kier molecular flexibility index (Phi) is 4.13. The summed E-state index contributed by atoms with van der Waals surface area (Å²) < 4.78 is 5.49. The second-order valence-electron chi connectivity index (χ2n) is 6.39. The fourth-order valence-corrected chi connectivity index (χ4v) is 3.50. The largest absolute Gasteiger partial charge is 0.421 e. The molecule has 0 unspecified atom stereocenters. The van der Waals surface area contributed by atoms with E-state index in [9.17, 15) is 14.4 Å². The van der Waals surface area contributed by atoms with Gasteiger partial charge in [0.25, 0.3) is 0 Å². The molecule has 0 radical (unpaired) electrons. The number of carbonyl (C=O) groups is 3. The van der Waals surface area contributed by atoms with Crippen molar-refractivity contribution in [1.29, 1.82) is 0 Å². The van der Waals surface area contributed by atoms with E-state index in [-0.39, 0.29) is 29.4 Å². The van der Waals surface area contributed by atoms with E-state index >= 15 is 0 Å². The predicted molar refractivity (Wildman–Crippen MR) is 95.7 cm³/mol. The molecular weight excluding hydrogens is 330 g/mol. The minimum absolute atomic E-state index is 0.203. The van der Waals surface area contributed by atoms with Gasteiger partial charge in [0, 0.05) is 0 Å². The molecule has 4 rings (SSSR count). The summed E-state index contributed by atoms with van der Waals surface area (Å²) >= 11 is 0. The molecule has 0 bridgehead atoms. The number of nitrogens with zero attached hydrogens (tertiary/aromatic N) is 1. The molecule has 1 aliphatic carbocycles. The van der Waals surface area contributed by atoms with Crippen LogP contribution >= 0.6 is 0 Å². The molecule has 0 N–H and O–H groups in total. The van der Waals surface area contributed by atoms with Gasteiger partial charge in [0.2, 0.25) is 11.8 Å². The number of rotatable bonds is 3. The number of esters is 1. The van der Waals surface area contributed by atoms with Crippen LogP contribution in [0.15, 0.2) is 66.7 Å². The highest BCUT2D eigenvalue weighted by Crippen LogP contribution is 2.40.